The van der Waals surface area contributed by atoms with Gasteiger partial charge in [-0.3, -0.25) is 4.79 Å². The number of nitrogens with one attached hydrogen (secondary N) is 2. The Morgan fingerprint density at radius 2 is 2.36 bits per heavy atom. The summed E-state index contributed by atoms with van der Waals surface area (Å²) in [6, 6.07) is 9.66. The summed E-state index contributed by atoms with van der Waals surface area (Å²) in [6.45, 7) is 2.01. The number of furan rings is 1. The third-order valence-electron chi connectivity index (χ3n) is 4.54. The van der Waals surface area contributed by atoms with Crippen molar-refractivity contribution in [2.24, 2.45) is 5.92 Å². The van der Waals surface area contributed by atoms with Crippen molar-refractivity contribution in [1.82, 2.24) is 15.3 Å². The van der Waals surface area contributed by atoms with Crippen LogP contribution in [0.15, 0.2) is 45.5 Å². The number of piperidine rings is 1. The molecule has 1 fully saturated rings. The number of halogens is 1. The second kappa shape index (κ2) is 6.92. The van der Waals surface area contributed by atoms with E-state index in [0.29, 0.717) is 13.1 Å². The van der Waals surface area contributed by atoms with Gasteiger partial charge in [-0.2, -0.15) is 0 Å². The fourth-order valence-corrected chi connectivity index (χ4v) is 3.59. The van der Waals surface area contributed by atoms with Crippen LogP contribution >= 0.6 is 15.9 Å². The molecule has 2 N–H and O–H groups in total. The van der Waals surface area contributed by atoms with Crippen LogP contribution in [0, 0.1) is 5.92 Å². The molecule has 130 valence electrons. The SMILES string of the molecule is O=C(NCc1ccco1)C1CCCN(c2nc3ccc(Br)cc3[nH]2)C1. The molecule has 1 amide bonds. The summed E-state index contributed by atoms with van der Waals surface area (Å²) < 4.78 is 6.28. The van der Waals surface area contributed by atoms with Gasteiger partial charge in [0.15, 0.2) is 0 Å². The molecule has 2 aromatic heterocycles. The molecule has 0 radical (unpaired) electrons. The zero-order valence-electron chi connectivity index (χ0n) is 13.7. The van der Waals surface area contributed by atoms with Crippen LogP contribution in [0.1, 0.15) is 18.6 Å². The molecule has 4 rings (SSSR count). The van der Waals surface area contributed by atoms with Crippen LogP contribution in [0.5, 0.6) is 0 Å². The lowest BCUT2D eigenvalue weighted by molar-refractivity contribution is -0.125. The average molecular weight is 403 g/mol. The fraction of sp³-hybridized carbons (Fsp3) is 0.333. The number of anilines is 1. The summed E-state index contributed by atoms with van der Waals surface area (Å²) >= 11 is 3.48. The van der Waals surface area contributed by atoms with E-state index in [0.717, 1.165) is 46.6 Å². The van der Waals surface area contributed by atoms with Crippen molar-refractivity contribution < 1.29 is 9.21 Å². The van der Waals surface area contributed by atoms with Gasteiger partial charge in [-0.05, 0) is 43.2 Å². The van der Waals surface area contributed by atoms with Crippen LogP contribution < -0.4 is 10.2 Å². The monoisotopic (exact) mass is 402 g/mol. The van der Waals surface area contributed by atoms with Gasteiger partial charge in [0.25, 0.3) is 0 Å². The summed E-state index contributed by atoms with van der Waals surface area (Å²) in [5.74, 6) is 1.63. The van der Waals surface area contributed by atoms with Crippen LogP contribution in [0.3, 0.4) is 0 Å². The highest BCUT2D eigenvalue weighted by atomic mass is 79.9. The Kier molecular flexibility index (Phi) is 4.48. The molecule has 1 aliphatic heterocycles. The highest BCUT2D eigenvalue weighted by Gasteiger charge is 2.27. The van der Waals surface area contributed by atoms with Gasteiger partial charge in [0.2, 0.25) is 11.9 Å². The van der Waals surface area contributed by atoms with E-state index in [2.05, 4.69) is 36.1 Å². The van der Waals surface area contributed by atoms with Gasteiger partial charge in [-0.25, -0.2) is 4.98 Å². The largest absolute Gasteiger partial charge is 0.467 e. The summed E-state index contributed by atoms with van der Waals surface area (Å²) in [5, 5.41) is 2.96. The van der Waals surface area contributed by atoms with E-state index in [1.165, 1.54) is 0 Å². The van der Waals surface area contributed by atoms with Crippen LogP contribution in [-0.4, -0.2) is 29.0 Å². The number of H-pyrrole nitrogens is 1. The van der Waals surface area contributed by atoms with E-state index in [9.17, 15) is 4.79 Å². The second-order valence-electron chi connectivity index (χ2n) is 6.30. The van der Waals surface area contributed by atoms with Gasteiger partial charge in [0.05, 0.1) is 29.8 Å². The summed E-state index contributed by atoms with van der Waals surface area (Å²) in [5.41, 5.74) is 1.93. The van der Waals surface area contributed by atoms with Gasteiger partial charge in [0, 0.05) is 17.6 Å². The van der Waals surface area contributed by atoms with Crippen molar-refractivity contribution in [3.63, 3.8) is 0 Å². The number of carbonyl (C=O) groups excluding carboxylic acids is 1. The first kappa shape index (κ1) is 16.2. The number of hydrogen-bond acceptors (Lipinski definition) is 4. The maximum Gasteiger partial charge on any atom is 0.225 e. The molecular formula is C18H19BrN4O2. The number of aromatic amines is 1. The molecule has 0 saturated carbocycles. The normalized spacial score (nSPS) is 17.8. The van der Waals surface area contributed by atoms with Gasteiger partial charge in [-0.1, -0.05) is 15.9 Å². The van der Waals surface area contributed by atoms with Gasteiger partial charge >= 0.3 is 0 Å². The first-order valence-electron chi connectivity index (χ1n) is 8.39. The molecule has 1 aromatic carbocycles. The number of carbonyl (C=O) groups is 1. The first-order chi connectivity index (χ1) is 12.2. The van der Waals surface area contributed by atoms with Crippen LogP contribution in [0.25, 0.3) is 11.0 Å². The van der Waals surface area contributed by atoms with E-state index in [1.807, 2.05) is 30.3 Å². The third-order valence-corrected chi connectivity index (χ3v) is 5.03. The molecule has 3 aromatic rings. The Bertz CT molecular complexity index is 874. The highest BCUT2D eigenvalue weighted by Crippen LogP contribution is 2.25. The molecule has 0 bridgehead atoms. The lowest BCUT2D eigenvalue weighted by Gasteiger charge is -2.31. The van der Waals surface area contributed by atoms with Gasteiger partial charge in [0.1, 0.15) is 5.76 Å². The lowest BCUT2D eigenvalue weighted by Crippen LogP contribution is -2.43. The van der Waals surface area contributed by atoms with E-state index in [4.69, 9.17) is 4.42 Å². The first-order valence-corrected chi connectivity index (χ1v) is 9.18. The number of aromatic nitrogens is 2. The zero-order valence-corrected chi connectivity index (χ0v) is 15.3. The summed E-state index contributed by atoms with van der Waals surface area (Å²) in [7, 11) is 0. The van der Waals surface area contributed by atoms with Crippen molar-refractivity contribution >= 4 is 38.8 Å². The molecule has 7 heteroatoms. The summed E-state index contributed by atoms with van der Waals surface area (Å²) in [6.07, 6.45) is 3.48. The van der Waals surface area contributed by atoms with Crippen molar-refractivity contribution in [2.75, 3.05) is 18.0 Å². The van der Waals surface area contributed by atoms with E-state index < -0.39 is 0 Å². The third kappa shape index (κ3) is 3.56. The number of imidazole rings is 1. The Morgan fingerprint density at radius 3 is 3.20 bits per heavy atom. The van der Waals surface area contributed by atoms with Crippen molar-refractivity contribution in [1.29, 1.82) is 0 Å². The van der Waals surface area contributed by atoms with Crippen molar-refractivity contribution in [2.45, 2.75) is 19.4 Å². The minimum atomic E-state index is -0.0383. The highest BCUT2D eigenvalue weighted by molar-refractivity contribution is 9.10. The van der Waals surface area contributed by atoms with Crippen LogP contribution in [0.4, 0.5) is 5.95 Å². The maximum atomic E-state index is 12.5. The molecule has 1 aliphatic rings. The molecule has 1 unspecified atom stereocenters. The maximum absolute atomic E-state index is 12.5. The van der Waals surface area contributed by atoms with E-state index in [-0.39, 0.29) is 11.8 Å². The number of amides is 1. The molecule has 25 heavy (non-hydrogen) atoms. The quantitative estimate of drug-likeness (QED) is 0.700. The minimum absolute atomic E-state index is 0.0383. The molecular weight excluding hydrogens is 384 g/mol. The van der Waals surface area contributed by atoms with Crippen molar-refractivity contribution in [3.05, 3.63) is 46.8 Å². The Morgan fingerprint density at radius 1 is 1.44 bits per heavy atom. The molecule has 0 spiro atoms. The Hall–Kier alpha value is -2.28. The number of benzene rings is 1. The fourth-order valence-electron chi connectivity index (χ4n) is 3.23. The smallest absolute Gasteiger partial charge is 0.225 e. The number of nitrogens with zero attached hydrogens (tertiary/aromatic N) is 2. The number of fused-ring (bicyclic) bond motifs is 1. The topological polar surface area (TPSA) is 74.2 Å². The molecule has 3 heterocycles. The number of rotatable bonds is 4. The Labute approximate surface area is 153 Å². The van der Waals surface area contributed by atoms with E-state index >= 15 is 0 Å². The zero-order chi connectivity index (χ0) is 17.2. The molecule has 6 nitrogen and oxygen atoms in total. The van der Waals surface area contributed by atoms with Gasteiger partial charge in [-0.15, -0.1) is 0 Å². The van der Waals surface area contributed by atoms with Gasteiger partial charge < -0.3 is 19.6 Å². The minimum Gasteiger partial charge on any atom is -0.467 e. The lowest BCUT2D eigenvalue weighted by atomic mass is 9.97. The summed E-state index contributed by atoms with van der Waals surface area (Å²) in [4.78, 5) is 22.7. The average Bonchev–Trinajstić information content (AvgIpc) is 3.28. The van der Waals surface area contributed by atoms with Crippen LogP contribution in [-0.2, 0) is 11.3 Å². The predicted octanol–water partition coefficient (Wildman–Crippen LogP) is 3.45. The molecule has 1 saturated heterocycles. The number of hydrogen-bond donors (Lipinski definition) is 2. The predicted molar refractivity (Wildman–Crippen MR) is 99.3 cm³/mol. The van der Waals surface area contributed by atoms with E-state index in [1.54, 1.807) is 6.26 Å². The molecule has 0 aliphatic carbocycles. The van der Waals surface area contributed by atoms with Crippen LogP contribution in [0.2, 0.25) is 0 Å². The second-order valence-corrected chi connectivity index (χ2v) is 7.22. The Balaban J connectivity index is 1.43. The standard InChI is InChI=1S/C18H19BrN4O2/c19-13-5-6-15-16(9-13)22-18(21-15)23-7-1-3-12(11-23)17(24)20-10-14-4-2-8-25-14/h2,4-6,8-9,12H,1,3,7,10-11H2,(H,20,24)(H,21,22). The molecule has 1 atom stereocenters. The van der Waals surface area contributed by atoms with Crippen molar-refractivity contribution in [3.8, 4) is 0 Å².